The number of guanidine groups is 1. The minimum atomic E-state index is -0.0759. The lowest BCUT2D eigenvalue weighted by Gasteiger charge is -2.29. The zero-order valence-electron chi connectivity index (χ0n) is 15.8. The zero-order valence-corrected chi connectivity index (χ0v) is 18.2. The van der Waals surface area contributed by atoms with Crippen molar-refractivity contribution in [2.75, 3.05) is 39.5 Å². The van der Waals surface area contributed by atoms with Gasteiger partial charge in [-0.2, -0.15) is 0 Å². The summed E-state index contributed by atoms with van der Waals surface area (Å²) in [7, 11) is 0. The number of hydrogen-bond donors (Lipinski definition) is 1. The van der Waals surface area contributed by atoms with Crippen LogP contribution in [0.15, 0.2) is 29.3 Å². The number of halogens is 1. The number of benzene rings is 1. The van der Waals surface area contributed by atoms with Crippen LogP contribution in [0.3, 0.4) is 0 Å². The van der Waals surface area contributed by atoms with Crippen molar-refractivity contribution in [3.63, 3.8) is 0 Å². The summed E-state index contributed by atoms with van der Waals surface area (Å²) in [5.41, 5.74) is 7.28. The number of aliphatic imine (C=N–C) groups is 1. The fourth-order valence-electron chi connectivity index (χ4n) is 2.53. The zero-order chi connectivity index (χ0) is 17.6. The third-order valence-corrected chi connectivity index (χ3v) is 4.19. The summed E-state index contributed by atoms with van der Waals surface area (Å²) in [6.45, 7) is 13.1. The minimum absolute atomic E-state index is 0. The molecule has 0 aromatic heterocycles. The van der Waals surface area contributed by atoms with Crippen LogP contribution in [0.2, 0.25) is 0 Å². The Hall–Kier alpha value is -1.02. The Labute approximate surface area is 169 Å². The Kier molecular flexibility index (Phi) is 8.99. The minimum Gasteiger partial charge on any atom is -0.493 e. The molecule has 0 unspecified atom stereocenters. The highest BCUT2D eigenvalue weighted by Crippen LogP contribution is 2.26. The van der Waals surface area contributed by atoms with Gasteiger partial charge in [0, 0.05) is 18.5 Å². The Morgan fingerprint density at radius 2 is 1.84 bits per heavy atom. The first-order valence-electron chi connectivity index (χ1n) is 8.74. The van der Waals surface area contributed by atoms with E-state index in [0.717, 1.165) is 38.7 Å². The molecule has 0 aliphatic carbocycles. The second-order valence-electron chi connectivity index (χ2n) is 7.39. The Morgan fingerprint density at radius 3 is 2.40 bits per heavy atom. The molecule has 1 saturated heterocycles. The fraction of sp³-hybridized carbons (Fsp3) is 0.632. The summed E-state index contributed by atoms with van der Waals surface area (Å²) in [5, 5.41) is 0. The number of rotatable bonds is 6. The second-order valence-corrected chi connectivity index (χ2v) is 7.39. The molecule has 25 heavy (non-hydrogen) atoms. The van der Waals surface area contributed by atoms with E-state index in [2.05, 4.69) is 49.7 Å². The van der Waals surface area contributed by atoms with Gasteiger partial charge in [-0.25, -0.2) is 0 Å². The van der Waals surface area contributed by atoms with Crippen LogP contribution in [0.25, 0.3) is 0 Å². The average Bonchev–Trinajstić information content (AvgIpc) is 2.59. The van der Waals surface area contributed by atoms with Crippen LogP contribution in [-0.4, -0.2) is 50.3 Å². The van der Waals surface area contributed by atoms with Gasteiger partial charge >= 0.3 is 0 Å². The largest absolute Gasteiger partial charge is 0.493 e. The molecule has 2 rings (SSSR count). The van der Waals surface area contributed by atoms with Gasteiger partial charge in [0.1, 0.15) is 5.75 Å². The highest BCUT2D eigenvalue weighted by Gasteiger charge is 2.21. The molecule has 1 aliphatic heterocycles. The van der Waals surface area contributed by atoms with Gasteiger partial charge in [0.25, 0.3) is 0 Å². The monoisotopic (exact) mass is 461 g/mol. The highest BCUT2D eigenvalue weighted by molar-refractivity contribution is 14.0. The maximum atomic E-state index is 6.13. The quantitative estimate of drug-likeness (QED) is 0.402. The third kappa shape index (κ3) is 7.01. The van der Waals surface area contributed by atoms with Crippen molar-refractivity contribution >= 4 is 29.9 Å². The van der Waals surface area contributed by atoms with E-state index in [0.29, 0.717) is 18.4 Å². The van der Waals surface area contributed by atoms with Gasteiger partial charge in [0.05, 0.1) is 26.4 Å². The van der Waals surface area contributed by atoms with Gasteiger partial charge in [0.2, 0.25) is 0 Å². The van der Waals surface area contributed by atoms with Crippen molar-refractivity contribution in [1.82, 2.24) is 4.90 Å². The first-order valence-corrected chi connectivity index (χ1v) is 8.74. The predicted octanol–water partition coefficient (Wildman–Crippen LogP) is 3.26. The number of ether oxygens (including phenoxy) is 2. The van der Waals surface area contributed by atoms with E-state index in [-0.39, 0.29) is 29.4 Å². The SMILES string of the molecule is CC(C)COc1ccc(C(C)(C)CN=C(N)N2CCOCC2)cc1.I. The van der Waals surface area contributed by atoms with Crippen molar-refractivity contribution in [2.45, 2.75) is 33.1 Å². The lowest BCUT2D eigenvalue weighted by atomic mass is 9.85. The molecule has 0 atom stereocenters. The molecule has 0 radical (unpaired) electrons. The third-order valence-electron chi connectivity index (χ3n) is 4.19. The smallest absolute Gasteiger partial charge is 0.191 e. The summed E-state index contributed by atoms with van der Waals surface area (Å²) >= 11 is 0. The van der Waals surface area contributed by atoms with Crippen molar-refractivity contribution in [3.05, 3.63) is 29.8 Å². The molecular formula is C19H32IN3O2. The molecule has 1 aliphatic rings. The lowest BCUT2D eigenvalue weighted by molar-refractivity contribution is 0.0674. The highest BCUT2D eigenvalue weighted by atomic mass is 127. The fourth-order valence-corrected chi connectivity index (χ4v) is 2.53. The van der Waals surface area contributed by atoms with E-state index in [9.17, 15) is 0 Å². The van der Waals surface area contributed by atoms with Crippen LogP contribution in [-0.2, 0) is 10.2 Å². The van der Waals surface area contributed by atoms with Gasteiger partial charge in [-0.3, -0.25) is 4.99 Å². The molecule has 0 spiro atoms. The van der Waals surface area contributed by atoms with E-state index in [1.165, 1.54) is 5.56 Å². The summed E-state index contributed by atoms with van der Waals surface area (Å²) in [6, 6.07) is 8.31. The summed E-state index contributed by atoms with van der Waals surface area (Å²) in [5.74, 6) is 2.06. The molecule has 142 valence electrons. The topological polar surface area (TPSA) is 60.1 Å². The molecule has 2 N–H and O–H groups in total. The van der Waals surface area contributed by atoms with E-state index in [4.69, 9.17) is 15.2 Å². The van der Waals surface area contributed by atoms with E-state index in [1.54, 1.807) is 0 Å². The summed E-state index contributed by atoms with van der Waals surface area (Å²) < 4.78 is 11.1. The van der Waals surface area contributed by atoms with Crippen molar-refractivity contribution in [2.24, 2.45) is 16.6 Å². The van der Waals surface area contributed by atoms with E-state index in [1.807, 2.05) is 12.1 Å². The Bertz CT molecular complexity index is 538. The van der Waals surface area contributed by atoms with E-state index >= 15 is 0 Å². The number of nitrogens with two attached hydrogens (primary N) is 1. The molecule has 0 amide bonds. The average molecular weight is 461 g/mol. The number of morpholine rings is 1. The van der Waals surface area contributed by atoms with Crippen molar-refractivity contribution < 1.29 is 9.47 Å². The summed E-state index contributed by atoms with van der Waals surface area (Å²) in [4.78, 5) is 6.70. The molecule has 6 heteroatoms. The Morgan fingerprint density at radius 1 is 1.24 bits per heavy atom. The predicted molar refractivity (Wildman–Crippen MR) is 114 cm³/mol. The number of nitrogens with zero attached hydrogens (tertiary/aromatic N) is 2. The van der Waals surface area contributed by atoms with Crippen LogP contribution < -0.4 is 10.5 Å². The van der Waals surface area contributed by atoms with Gasteiger partial charge < -0.3 is 20.1 Å². The van der Waals surface area contributed by atoms with Crippen LogP contribution in [0, 0.1) is 5.92 Å². The number of hydrogen-bond acceptors (Lipinski definition) is 3. The normalized spacial score (nSPS) is 15.9. The van der Waals surface area contributed by atoms with E-state index < -0.39 is 0 Å². The second kappa shape index (κ2) is 10.2. The maximum Gasteiger partial charge on any atom is 0.191 e. The van der Waals surface area contributed by atoms with Crippen molar-refractivity contribution in [1.29, 1.82) is 0 Å². The molecule has 5 nitrogen and oxygen atoms in total. The lowest BCUT2D eigenvalue weighted by Crippen LogP contribution is -2.45. The molecule has 1 aromatic carbocycles. The van der Waals surface area contributed by atoms with Gasteiger partial charge in [-0.15, -0.1) is 24.0 Å². The standard InChI is InChI=1S/C19H31N3O2.HI/c1-15(2)13-24-17-7-5-16(6-8-17)19(3,4)14-21-18(20)22-9-11-23-12-10-22;/h5-8,15H,9-14H2,1-4H3,(H2,20,21);1H. The van der Waals surface area contributed by atoms with Gasteiger partial charge in [0.15, 0.2) is 5.96 Å². The van der Waals surface area contributed by atoms with Crippen LogP contribution in [0.5, 0.6) is 5.75 Å². The first kappa shape index (κ1) is 22.0. The summed E-state index contributed by atoms with van der Waals surface area (Å²) in [6.07, 6.45) is 0. The van der Waals surface area contributed by atoms with Crippen LogP contribution in [0.1, 0.15) is 33.3 Å². The van der Waals surface area contributed by atoms with Gasteiger partial charge in [-0.05, 0) is 23.6 Å². The molecule has 1 heterocycles. The van der Waals surface area contributed by atoms with Crippen molar-refractivity contribution in [3.8, 4) is 5.75 Å². The Balaban J connectivity index is 0.00000312. The van der Waals surface area contributed by atoms with Crippen LogP contribution >= 0.6 is 24.0 Å². The molecule has 1 aromatic rings. The molecule has 0 bridgehead atoms. The molecule has 1 fully saturated rings. The first-order chi connectivity index (χ1) is 11.4. The molecular weight excluding hydrogens is 429 g/mol. The van der Waals surface area contributed by atoms with Crippen LogP contribution in [0.4, 0.5) is 0 Å². The van der Waals surface area contributed by atoms with Gasteiger partial charge in [-0.1, -0.05) is 39.8 Å². The molecule has 0 saturated carbocycles. The maximum absolute atomic E-state index is 6.13.